The van der Waals surface area contributed by atoms with Crippen LogP contribution in [0.1, 0.15) is 46.6 Å². The highest BCUT2D eigenvalue weighted by Gasteiger charge is 2.41. The summed E-state index contributed by atoms with van der Waals surface area (Å²) in [5, 5.41) is 19.2. The molecule has 1 saturated heterocycles. The Hall–Kier alpha value is -2.29. The second-order valence-corrected chi connectivity index (χ2v) is 9.27. The van der Waals surface area contributed by atoms with E-state index in [1.807, 2.05) is 24.4 Å². The Bertz CT molecular complexity index is 888. The SMILES string of the molecule is Cc1cccc(C(=O)NCC(=O)NC2CN([C@H]3CC[C@@](O)(c4nccs4)CC3)C2)c1. The predicted octanol–water partition coefficient (Wildman–Crippen LogP) is 1.81. The van der Waals surface area contributed by atoms with Crippen LogP contribution in [0, 0.1) is 6.92 Å². The molecule has 2 aromatic rings. The van der Waals surface area contributed by atoms with Crippen molar-refractivity contribution in [3.8, 4) is 0 Å². The van der Waals surface area contributed by atoms with Gasteiger partial charge < -0.3 is 15.7 Å². The minimum absolute atomic E-state index is 0.0203. The number of nitrogens with one attached hydrogen (secondary N) is 2. The Morgan fingerprint density at radius 1 is 1.30 bits per heavy atom. The molecule has 7 nitrogen and oxygen atoms in total. The highest BCUT2D eigenvalue weighted by Crippen LogP contribution is 2.40. The molecule has 30 heavy (non-hydrogen) atoms. The minimum Gasteiger partial charge on any atom is -0.383 e. The van der Waals surface area contributed by atoms with Gasteiger partial charge in [0, 0.05) is 36.3 Å². The van der Waals surface area contributed by atoms with Crippen LogP contribution in [0.2, 0.25) is 0 Å². The Morgan fingerprint density at radius 2 is 2.07 bits per heavy atom. The van der Waals surface area contributed by atoms with Crippen molar-refractivity contribution in [1.82, 2.24) is 20.5 Å². The zero-order valence-electron chi connectivity index (χ0n) is 17.1. The number of rotatable bonds is 6. The van der Waals surface area contributed by atoms with Gasteiger partial charge in [0.25, 0.3) is 5.91 Å². The fourth-order valence-corrected chi connectivity index (χ4v) is 5.14. The van der Waals surface area contributed by atoms with Crippen LogP contribution in [0.5, 0.6) is 0 Å². The lowest BCUT2D eigenvalue weighted by Gasteiger charge is -2.47. The molecule has 1 aromatic heterocycles. The molecule has 1 saturated carbocycles. The van der Waals surface area contributed by atoms with Crippen molar-refractivity contribution in [2.24, 2.45) is 0 Å². The van der Waals surface area contributed by atoms with Crippen molar-refractivity contribution >= 4 is 23.2 Å². The van der Waals surface area contributed by atoms with Crippen LogP contribution in [0.4, 0.5) is 0 Å². The van der Waals surface area contributed by atoms with Crippen molar-refractivity contribution in [2.75, 3.05) is 19.6 Å². The molecule has 4 rings (SSSR count). The number of hydrogen-bond acceptors (Lipinski definition) is 6. The summed E-state index contributed by atoms with van der Waals surface area (Å²) in [4.78, 5) is 31.0. The molecule has 2 aliphatic rings. The highest BCUT2D eigenvalue weighted by atomic mass is 32.1. The normalized spacial score (nSPS) is 24.8. The number of likely N-dealkylation sites (tertiary alicyclic amines) is 1. The van der Waals surface area contributed by atoms with E-state index in [0.717, 1.165) is 49.3 Å². The molecular weight excluding hydrogens is 400 g/mol. The van der Waals surface area contributed by atoms with E-state index in [-0.39, 0.29) is 24.4 Å². The van der Waals surface area contributed by atoms with Crippen LogP contribution >= 0.6 is 11.3 Å². The first-order valence-corrected chi connectivity index (χ1v) is 11.3. The average Bonchev–Trinajstić information content (AvgIpc) is 3.25. The molecule has 2 amide bonds. The fraction of sp³-hybridized carbons (Fsp3) is 0.500. The van der Waals surface area contributed by atoms with Gasteiger partial charge in [-0.15, -0.1) is 11.3 Å². The van der Waals surface area contributed by atoms with Gasteiger partial charge >= 0.3 is 0 Å². The second-order valence-electron chi connectivity index (χ2n) is 8.37. The molecule has 0 bridgehead atoms. The van der Waals surface area contributed by atoms with E-state index in [1.165, 1.54) is 11.3 Å². The molecule has 2 heterocycles. The third-order valence-electron chi connectivity index (χ3n) is 6.09. The third kappa shape index (κ3) is 4.71. The van der Waals surface area contributed by atoms with Crippen LogP contribution in [-0.4, -0.2) is 58.5 Å². The molecule has 1 aliphatic carbocycles. The Kier molecular flexibility index (Phi) is 6.17. The summed E-state index contributed by atoms with van der Waals surface area (Å²) < 4.78 is 0. The van der Waals surface area contributed by atoms with Gasteiger partial charge in [-0.05, 0) is 44.7 Å². The van der Waals surface area contributed by atoms with Gasteiger partial charge in [-0.3, -0.25) is 14.5 Å². The number of thiazole rings is 1. The first-order chi connectivity index (χ1) is 14.4. The number of aryl methyl sites for hydroxylation is 1. The van der Waals surface area contributed by atoms with Crippen molar-refractivity contribution in [3.05, 3.63) is 52.0 Å². The van der Waals surface area contributed by atoms with E-state index in [0.29, 0.717) is 11.6 Å². The van der Waals surface area contributed by atoms with Crippen LogP contribution in [0.15, 0.2) is 35.8 Å². The number of carbonyl (C=O) groups excluding carboxylic acids is 2. The van der Waals surface area contributed by atoms with E-state index in [9.17, 15) is 14.7 Å². The molecule has 3 N–H and O–H groups in total. The summed E-state index contributed by atoms with van der Waals surface area (Å²) in [5.41, 5.74) is 0.792. The van der Waals surface area contributed by atoms with Gasteiger partial charge in [0.05, 0.1) is 12.6 Å². The van der Waals surface area contributed by atoms with E-state index in [4.69, 9.17) is 0 Å². The standard InChI is InChI=1S/C22H28N4O3S/c1-15-3-2-4-16(11-15)20(28)24-12-19(27)25-17-13-26(14-17)18-5-7-22(29,8-6-18)21-23-9-10-30-21/h2-4,9-11,17-18,29H,5-8,12-14H2,1H3,(H,24,28)(H,25,27)/t18-,22-. The number of amides is 2. The van der Waals surface area contributed by atoms with Crippen molar-refractivity contribution in [3.63, 3.8) is 0 Å². The molecule has 160 valence electrons. The quantitative estimate of drug-likeness (QED) is 0.652. The topological polar surface area (TPSA) is 94.6 Å². The monoisotopic (exact) mass is 428 g/mol. The molecule has 0 spiro atoms. The highest BCUT2D eigenvalue weighted by molar-refractivity contribution is 7.09. The van der Waals surface area contributed by atoms with Gasteiger partial charge in [0.15, 0.2) is 0 Å². The van der Waals surface area contributed by atoms with Crippen molar-refractivity contribution < 1.29 is 14.7 Å². The Balaban J connectivity index is 1.16. The van der Waals surface area contributed by atoms with E-state index >= 15 is 0 Å². The number of aliphatic hydroxyl groups is 1. The van der Waals surface area contributed by atoms with Gasteiger partial charge in [0.1, 0.15) is 10.6 Å². The minimum atomic E-state index is -0.779. The van der Waals surface area contributed by atoms with E-state index in [1.54, 1.807) is 18.3 Å². The maximum atomic E-state index is 12.2. The molecule has 1 aromatic carbocycles. The van der Waals surface area contributed by atoms with Crippen LogP contribution in [0.25, 0.3) is 0 Å². The lowest BCUT2D eigenvalue weighted by molar-refractivity contribution is -0.122. The summed E-state index contributed by atoms with van der Waals surface area (Å²) in [6, 6.07) is 7.86. The molecule has 0 unspecified atom stereocenters. The predicted molar refractivity (Wildman–Crippen MR) is 115 cm³/mol. The number of aromatic nitrogens is 1. The van der Waals surface area contributed by atoms with Crippen LogP contribution < -0.4 is 10.6 Å². The maximum Gasteiger partial charge on any atom is 0.251 e. The first kappa shape index (κ1) is 21.0. The number of nitrogens with zero attached hydrogens (tertiary/aromatic N) is 2. The summed E-state index contributed by atoms with van der Waals surface area (Å²) in [6.07, 6.45) is 5.07. The molecule has 0 radical (unpaired) electrons. The molecule has 8 heteroatoms. The summed E-state index contributed by atoms with van der Waals surface area (Å²) in [7, 11) is 0. The summed E-state index contributed by atoms with van der Waals surface area (Å²) in [6.45, 7) is 3.54. The Labute approximate surface area is 180 Å². The molecule has 2 fully saturated rings. The lowest BCUT2D eigenvalue weighted by Crippen LogP contribution is -2.63. The first-order valence-electron chi connectivity index (χ1n) is 10.4. The Morgan fingerprint density at radius 3 is 2.73 bits per heavy atom. The number of hydrogen-bond donors (Lipinski definition) is 3. The number of benzene rings is 1. The van der Waals surface area contributed by atoms with Crippen molar-refractivity contribution in [1.29, 1.82) is 0 Å². The maximum absolute atomic E-state index is 12.2. The van der Waals surface area contributed by atoms with Crippen LogP contribution in [-0.2, 0) is 10.4 Å². The zero-order chi connectivity index (χ0) is 21.1. The zero-order valence-corrected chi connectivity index (χ0v) is 18.0. The van der Waals surface area contributed by atoms with Gasteiger partial charge in [-0.25, -0.2) is 4.98 Å². The third-order valence-corrected chi connectivity index (χ3v) is 7.06. The van der Waals surface area contributed by atoms with Crippen LogP contribution in [0.3, 0.4) is 0 Å². The molecular formula is C22H28N4O3S. The molecule has 0 atom stereocenters. The fourth-order valence-electron chi connectivity index (χ4n) is 4.34. The average molecular weight is 429 g/mol. The smallest absolute Gasteiger partial charge is 0.251 e. The van der Waals surface area contributed by atoms with Gasteiger partial charge in [0.2, 0.25) is 5.91 Å². The second kappa shape index (κ2) is 8.83. The largest absolute Gasteiger partial charge is 0.383 e. The van der Waals surface area contributed by atoms with E-state index in [2.05, 4.69) is 20.5 Å². The van der Waals surface area contributed by atoms with Gasteiger partial charge in [-0.1, -0.05) is 17.7 Å². The summed E-state index contributed by atoms with van der Waals surface area (Å²) in [5.74, 6) is -0.401. The van der Waals surface area contributed by atoms with Gasteiger partial charge in [-0.2, -0.15) is 0 Å². The molecule has 1 aliphatic heterocycles. The van der Waals surface area contributed by atoms with E-state index < -0.39 is 5.60 Å². The summed E-state index contributed by atoms with van der Waals surface area (Å²) >= 11 is 1.52. The number of carbonyl (C=O) groups is 2. The lowest BCUT2D eigenvalue weighted by atomic mass is 9.81. The van der Waals surface area contributed by atoms with Crippen molar-refractivity contribution in [2.45, 2.75) is 50.3 Å².